The van der Waals surface area contributed by atoms with E-state index in [1.165, 1.54) is 6.07 Å². The van der Waals surface area contributed by atoms with Crippen LogP contribution in [-0.4, -0.2) is 18.5 Å². The van der Waals surface area contributed by atoms with Gasteiger partial charge in [0, 0.05) is 10.5 Å². The van der Waals surface area contributed by atoms with Crippen molar-refractivity contribution in [2.75, 3.05) is 11.9 Å². The Balaban J connectivity index is 2.56. The average Bonchev–Trinajstić information content (AvgIpc) is 2.31. The number of hydrogen-bond acceptors (Lipinski definition) is 2. The largest absolute Gasteiger partial charge is 0.322 e. The summed E-state index contributed by atoms with van der Waals surface area (Å²) in [5.74, 6) is -0.702. The van der Waals surface area contributed by atoms with E-state index in [0.717, 1.165) is 6.42 Å². The fraction of sp³-hybridized carbons (Fsp3) is 0.417. The number of rotatable bonds is 5. The second kappa shape index (κ2) is 6.71. The van der Waals surface area contributed by atoms with E-state index in [-0.39, 0.29) is 24.2 Å². The van der Waals surface area contributed by atoms with Gasteiger partial charge in [0.25, 0.3) is 0 Å². The maximum atomic E-state index is 13.4. The molecule has 0 aromatic heterocycles. The van der Waals surface area contributed by atoms with Gasteiger partial charge in [0.05, 0.1) is 12.2 Å². The van der Waals surface area contributed by atoms with E-state index >= 15 is 0 Å². The molecule has 17 heavy (non-hydrogen) atoms. The first-order valence-electron chi connectivity index (χ1n) is 5.51. The monoisotopic (exact) mass is 302 g/mol. The summed E-state index contributed by atoms with van der Waals surface area (Å²) in [5.41, 5.74) is 0.184. The third-order valence-electron chi connectivity index (χ3n) is 2.45. The maximum absolute atomic E-state index is 13.4. The summed E-state index contributed by atoms with van der Waals surface area (Å²) in [7, 11) is 0. The van der Waals surface area contributed by atoms with Crippen LogP contribution in [-0.2, 0) is 4.79 Å². The molecule has 1 aromatic rings. The van der Waals surface area contributed by atoms with Gasteiger partial charge in [-0.2, -0.15) is 0 Å². The van der Waals surface area contributed by atoms with Crippen molar-refractivity contribution in [2.24, 2.45) is 0 Å². The Bertz CT molecular complexity index is 378. The summed E-state index contributed by atoms with van der Waals surface area (Å²) >= 11 is 3.19. The molecule has 0 aliphatic heterocycles. The molecule has 1 amide bonds. The van der Waals surface area contributed by atoms with E-state index in [4.69, 9.17) is 0 Å². The molecule has 0 aliphatic rings. The maximum Gasteiger partial charge on any atom is 0.238 e. The molecule has 0 fully saturated rings. The Kier molecular flexibility index (Phi) is 5.58. The van der Waals surface area contributed by atoms with Gasteiger partial charge in [-0.1, -0.05) is 13.0 Å². The first-order chi connectivity index (χ1) is 8.04. The van der Waals surface area contributed by atoms with Crippen LogP contribution >= 0.6 is 15.9 Å². The van der Waals surface area contributed by atoms with Crippen molar-refractivity contribution < 1.29 is 9.18 Å². The van der Waals surface area contributed by atoms with Gasteiger partial charge in [-0.15, -0.1) is 0 Å². The highest BCUT2D eigenvalue weighted by Crippen LogP contribution is 2.24. The number of halogens is 2. The molecular formula is C12H16BrFN2O. The third kappa shape index (κ3) is 4.44. The van der Waals surface area contributed by atoms with Gasteiger partial charge in [0.1, 0.15) is 5.82 Å². The van der Waals surface area contributed by atoms with Gasteiger partial charge in [0.2, 0.25) is 5.91 Å². The van der Waals surface area contributed by atoms with Crippen molar-refractivity contribution >= 4 is 27.5 Å². The minimum atomic E-state index is -0.448. The molecule has 1 aromatic carbocycles. The standard InChI is InChI=1S/C12H16BrFN2O/c1-3-8(2)15-7-11(17)16-12-9(13)5-4-6-10(12)14/h4-6,8,15H,3,7H2,1-2H3,(H,16,17). The van der Waals surface area contributed by atoms with Crippen molar-refractivity contribution in [1.29, 1.82) is 0 Å². The molecule has 2 N–H and O–H groups in total. The van der Waals surface area contributed by atoms with Crippen molar-refractivity contribution in [1.82, 2.24) is 5.32 Å². The highest BCUT2D eigenvalue weighted by molar-refractivity contribution is 9.10. The van der Waals surface area contributed by atoms with Crippen LogP contribution in [0.15, 0.2) is 22.7 Å². The van der Waals surface area contributed by atoms with Gasteiger partial charge < -0.3 is 10.6 Å². The molecule has 0 radical (unpaired) electrons. The molecule has 94 valence electrons. The zero-order valence-electron chi connectivity index (χ0n) is 9.89. The molecule has 0 aliphatic carbocycles. The van der Waals surface area contributed by atoms with Crippen molar-refractivity contribution in [3.8, 4) is 0 Å². The Morgan fingerprint density at radius 2 is 2.24 bits per heavy atom. The fourth-order valence-electron chi connectivity index (χ4n) is 1.21. The van der Waals surface area contributed by atoms with E-state index in [2.05, 4.69) is 26.6 Å². The second-order valence-electron chi connectivity index (χ2n) is 3.84. The Morgan fingerprint density at radius 3 is 2.82 bits per heavy atom. The number of amides is 1. The highest BCUT2D eigenvalue weighted by Gasteiger charge is 2.10. The Labute approximate surface area is 109 Å². The number of carbonyl (C=O) groups is 1. The summed E-state index contributed by atoms with van der Waals surface area (Å²) in [5, 5.41) is 5.58. The summed E-state index contributed by atoms with van der Waals surface area (Å²) in [6.45, 7) is 4.20. The van der Waals surface area contributed by atoms with E-state index < -0.39 is 5.82 Å². The van der Waals surface area contributed by atoms with Gasteiger partial charge in [0.15, 0.2) is 0 Å². The molecule has 1 rings (SSSR count). The number of carbonyl (C=O) groups excluding carboxylic acids is 1. The van der Waals surface area contributed by atoms with Crippen LogP contribution in [0.2, 0.25) is 0 Å². The quantitative estimate of drug-likeness (QED) is 0.878. The molecule has 1 atom stereocenters. The van der Waals surface area contributed by atoms with E-state index in [1.54, 1.807) is 12.1 Å². The minimum Gasteiger partial charge on any atom is -0.322 e. The number of benzene rings is 1. The first-order valence-corrected chi connectivity index (χ1v) is 6.31. The van der Waals surface area contributed by atoms with Crippen LogP contribution in [0.4, 0.5) is 10.1 Å². The summed E-state index contributed by atoms with van der Waals surface area (Å²) in [4.78, 5) is 11.6. The van der Waals surface area contributed by atoms with Crippen LogP contribution < -0.4 is 10.6 Å². The molecule has 0 heterocycles. The molecule has 0 saturated heterocycles. The van der Waals surface area contributed by atoms with Crippen LogP contribution in [0, 0.1) is 5.82 Å². The number of nitrogens with one attached hydrogen (secondary N) is 2. The van der Waals surface area contributed by atoms with E-state index in [9.17, 15) is 9.18 Å². The lowest BCUT2D eigenvalue weighted by molar-refractivity contribution is -0.115. The van der Waals surface area contributed by atoms with Gasteiger partial charge in [-0.3, -0.25) is 4.79 Å². The Morgan fingerprint density at radius 1 is 1.53 bits per heavy atom. The molecule has 0 bridgehead atoms. The average molecular weight is 303 g/mol. The lowest BCUT2D eigenvalue weighted by Gasteiger charge is -2.12. The molecule has 0 spiro atoms. The zero-order valence-corrected chi connectivity index (χ0v) is 11.5. The summed E-state index contributed by atoms with van der Waals surface area (Å²) in [6, 6.07) is 4.83. The number of hydrogen-bond donors (Lipinski definition) is 2. The van der Waals surface area contributed by atoms with Crippen LogP contribution in [0.25, 0.3) is 0 Å². The van der Waals surface area contributed by atoms with Crippen molar-refractivity contribution in [3.63, 3.8) is 0 Å². The van der Waals surface area contributed by atoms with Crippen LogP contribution in [0.1, 0.15) is 20.3 Å². The normalized spacial score (nSPS) is 12.2. The molecule has 1 unspecified atom stereocenters. The van der Waals surface area contributed by atoms with Gasteiger partial charge >= 0.3 is 0 Å². The van der Waals surface area contributed by atoms with Crippen LogP contribution in [0.3, 0.4) is 0 Å². The lowest BCUT2D eigenvalue weighted by Crippen LogP contribution is -2.34. The van der Waals surface area contributed by atoms with Crippen molar-refractivity contribution in [3.05, 3.63) is 28.5 Å². The molecule has 5 heteroatoms. The molecule has 3 nitrogen and oxygen atoms in total. The van der Waals surface area contributed by atoms with Crippen molar-refractivity contribution in [2.45, 2.75) is 26.3 Å². The number of anilines is 1. The minimum absolute atomic E-state index is 0.176. The topological polar surface area (TPSA) is 41.1 Å². The van der Waals surface area contributed by atoms with Gasteiger partial charge in [-0.05, 0) is 41.4 Å². The predicted molar refractivity (Wildman–Crippen MR) is 70.5 cm³/mol. The Hall–Kier alpha value is -0.940. The predicted octanol–water partition coefficient (Wildman–Crippen LogP) is 2.91. The summed E-state index contributed by atoms with van der Waals surface area (Å²) < 4.78 is 13.9. The smallest absolute Gasteiger partial charge is 0.238 e. The number of para-hydroxylation sites is 1. The first kappa shape index (κ1) is 14.1. The third-order valence-corrected chi connectivity index (χ3v) is 3.11. The lowest BCUT2D eigenvalue weighted by atomic mass is 10.2. The van der Waals surface area contributed by atoms with Gasteiger partial charge in [-0.25, -0.2) is 4.39 Å². The van der Waals surface area contributed by atoms with Crippen LogP contribution in [0.5, 0.6) is 0 Å². The van der Waals surface area contributed by atoms with E-state index in [1.807, 2.05) is 13.8 Å². The SMILES string of the molecule is CCC(C)NCC(=O)Nc1c(F)cccc1Br. The summed E-state index contributed by atoms with van der Waals surface area (Å²) in [6.07, 6.45) is 0.941. The zero-order chi connectivity index (χ0) is 12.8. The second-order valence-corrected chi connectivity index (χ2v) is 4.69. The fourth-order valence-corrected chi connectivity index (χ4v) is 1.65. The highest BCUT2D eigenvalue weighted by atomic mass is 79.9. The molecular weight excluding hydrogens is 287 g/mol. The molecule has 0 saturated carbocycles. The van der Waals surface area contributed by atoms with E-state index in [0.29, 0.717) is 4.47 Å².